The molecule has 0 saturated carbocycles. The summed E-state index contributed by atoms with van der Waals surface area (Å²) in [5.41, 5.74) is 2.30. The maximum absolute atomic E-state index is 5.82. The molecular formula is C18H22N2O. The molecule has 0 amide bonds. The Labute approximate surface area is 126 Å². The summed E-state index contributed by atoms with van der Waals surface area (Å²) in [7, 11) is 0. The first-order chi connectivity index (χ1) is 10.4. The van der Waals surface area contributed by atoms with Crippen molar-refractivity contribution in [3.63, 3.8) is 0 Å². The van der Waals surface area contributed by atoms with Crippen LogP contribution in [-0.2, 0) is 4.74 Å². The van der Waals surface area contributed by atoms with Crippen molar-refractivity contribution < 1.29 is 4.74 Å². The summed E-state index contributed by atoms with van der Waals surface area (Å²) < 4.78 is 5.82. The highest BCUT2D eigenvalue weighted by Gasteiger charge is 2.19. The Morgan fingerprint density at radius 3 is 2.67 bits per heavy atom. The van der Waals surface area contributed by atoms with Gasteiger partial charge < -0.3 is 10.1 Å². The molecule has 110 valence electrons. The van der Waals surface area contributed by atoms with Gasteiger partial charge in [-0.05, 0) is 37.0 Å². The van der Waals surface area contributed by atoms with Crippen LogP contribution in [-0.4, -0.2) is 24.2 Å². The number of nitrogens with zero attached hydrogens (tertiary/aromatic N) is 1. The molecule has 1 saturated heterocycles. The number of benzene rings is 1. The quantitative estimate of drug-likeness (QED) is 0.913. The number of hydrogen-bond donors (Lipinski definition) is 1. The van der Waals surface area contributed by atoms with Gasteiger partial charge in [0.15, 0.2) is 0 Å². The molecule has 0 radical (unpaired) electrons. The van der Waals surface area contributed by atoms with Crippen LogP contribution in [0.5, 0.6) is 0 Å². The minimum Gasteiger partial charge on any atom is -0.377 e. The Balaban J connectivity index is 1.73. The van der Waals surface area contributed by atoms with Crippen LogP contribution in [0.4, 0.5) is 0 Å². The third kappa shape index (κ3) is 3.90. The molecule has 21 heavy (non-hydrogen) atoms. The van der Waals surface area contributed by atoms with Crippen LogP contribution in [0.1, 0.15) is 36.6 Å². The van der Waals surface area contributed by atoms with Gasteiger partial charge in [-0.25, -0.2) is 0 Å². The lowest BCUT2D eigenvalue weighted by molar-refractivity contribution is 0.0159. The Morgan fingerprint density at radius 2 is 1.95 bits per heavy atom. The summed E-state index contributed by atoms with van der Waals surface area (Å²) in [6.07, 6.45) is 5.79. The van der Waals surface area contributed by atoms with Gasteiger partial charge in [-0.1, -0.05) is 36.4 Å². The monoisotopic (exact) mass is 282 g/mol. The normalized spacial score (nSPS) is 20.1. The summed E-state index contributed by atoms with van der Waals surface area (Å²) in [5.74, 6) is 0. The van der Waals surface area contributed by atoms with Crippen LogP contribution in [0.2, 0.25) is 0 Å². The number of pyridine rings is 1. The topological polar surface area (TPSA) is 34.1 Å². The van der Waals surface area contributed by atoms with Crippen molar-refractivity contribution in [2.45, 2.75) is 31.4 Å². The fourth-order valence-corrected chi connectivity index (χ4v) is 2.80. The molecule has 1 fully saturated rings. The van der Waals surface area contributed by atoms with Crippen LogP contribution < -0.4 is 5.32 Å². The largest absolute Gasteiger partial charge is 0.377 e. The van der Waals surface area contributed by atoms with E-state index in [0.717, 1.165) is 25.3 Å². The van der Waals surface area contributed by atoms with Crippen LogP contribution >= 0.6 is 0 Å². The molecular weight excluding hydrogens is 260 g/mol. The highest BCUT2D eigenvalue weighted by Crippen LogP contribution is 2.21. The van der Waals surface area contributed by atoms with Crippen molar-refractivity contribution in [1.82, 2.24) is 10.3 Å². The van der Waals surface area contributed by atoms with Gasteiger partial charge in [-0.15, -0.1) is 0 Å². The zero-order valence-electron chi connectivity index (χ0n) is 12.2. The first kappa shape index (κ1) is 14.2. The van der Waals surface area contributed by atoms with Crippen LogP contribution in [0.3, 0.4) is 0 Å². The first-order valence-corrected chi connectivity index (χ1v) is 7.74. The van der Waals surface area contributed by atoms with E-state index in [0.29, 0.717) is 6.10 Å². The predicted octanol–water partition coefficient (Wildman–Crippen LogP) is 3.33. The number of nitrogens with one attached hydrogen (secondary N) is 1. The van der Waals surface area contributed by atoms with E-state index in [1.807, 2.05) is 24.4 Å². The van der Waals surface area contributed by atoms with E-state index < -0.39 is 0 Å². The number of hydrogen-bond acceptors (Lipinski definition) is 3. The van der Waals surface area contributed by atoms with E-state index in [1.54, 1.807) is 0 Å². The fraction of sp³-hybridized carbons (Fsp3) is 0.389. The van der Waals surface area contributed by atoms with Crippen LogP contribution in [0.15, 0.2) is 54.7 Å². The van der Waals surface area contributed by atoms with Crippen molar-refractivity contribution in [1.29, 1.82) is 0 Å². The lowest BCUT2D eigenvalue weighted by Gasteiger charge is -2.26. The van der Waals surface area contributed by atoms with E-state index >= 15 is 0 Å². The van der Waals surface area contributed by atoms with E-state index in [2.05, 4.69) is 40.6 Å². The molecule has 3 heteroatoms. The van der Waals surface area contributed by atoms with Gasteiger partial charge in [-0.3, -0.25) is 4.98 Å². The zero-order valence-corrected chi connectivity index (χ0v) is 12.2. The molecule has 1 aliphatic heterocycles. The highest BCUT2D eigenvalue weighted by atomic mass is 16.5. The Kier molecular flexibility index (Phi) is 4.98. The summed E-state index contributed by atoms with van der Waals surface area (Å²) in [4.78, 5) is 4.52. The molecule has 0 spiro atoms. The van der Waals surface area contributed by atoms with Crippen molar-refractivity contribution in [3.05, 3.63) is 66.0 Å². The lowest BCUT2D eigenvalue weighted by Crippen LogP contribution is -2.34. The van der Waals surface area contributed by atoms with E-state index in [9.17, 15) is 0 Å². The Hall–Kier alpha value is -1.71. The standard InChI is InChI=1S/C18H22N2O/c1-2-8-15(9-3-1)18(17-11-4-6-12-19-17)20-14-16-10-5-7-13-21-16/h1-4,6,8-9,11-12,16,18,20H,5,7,10,13-14H2. The van der Waals surface area contributed by atoms with Crippen molar-refractivity contribution >= 4 is 0 Å². The Morgan fingerprint density at radius 1 is 1.10 bits per heavy atom. The summed E-state index contributed by atoms with van der Waals surface area (Å²) in [6.45, 7) is 1.77. The molecule has 2 unspecified atom stereocenters. The average Bonchev–Trinajstić information content (AvgIpc) is 2.58. The Bertz CT molecular complexity index is 484. The molecule has 1 aliphatic rings. The maximum atomic E-state index is 5.82. The highest BCUT2D eigenvalue weighted by molar-refractivity contribution is 5.27. The zero-order chi connectivity index (χ0) is 14.3. The van der Waals surface area contributed by atoms with Crippen molar-refractivity contribution in [2.75, 3.05) is 13.2 Å². The summed E-state index contributed by atoms with van der Waals surface area (Å²) >= 11 is 0. The van der Waals surface area contributed by atoms with Gasteiger partial charge in [0.1, 0.15) is 0 Å². The summed E-state index contributed by atoms with van der Waals surface area (Å²) in [5, 5.41) is 3.63. The summed E-state index contributed by atoms with van der Waals surface area (Å²) in [6, 6.07) is 16.7. The molecule has 0 aliphatic carbocycles. The van der Waals surface area contributed by atoms with Crippen molar-refractivity contribution in [3.8, 4) is 0 Å². The van der Waals surface area contributed by atoms with Gasteiger partial charge in [0.05, 0.1) is 17.8 Å². The molecule has 2 aromatic rings. The lowest BCUT2D eigenvalue weighted by atomic mass is 10.0. The number of aromatic nitrogens is 1. The van der Waals surface area contributed by atoms with E-state index in [1.165, 1.54) is 18.4 Å². The van der Waals surface area contributed by atoms with Gasteiger partial charge in [0, 0.05) is 19.3 Å². The van der Waals surface area contributed by atoms with E-state index in [4.69, 9.17) is 4.74 Å². The van der Waals surface area contributed by atoms with Gasteiger partial charge in [0.2, 0.25) is 0 Å². The molecule has 3 nitrogen and oxygen atoms in total. The fourth-order valence-electron chi connectivity index (χ4n) is 2.80. The third-order valence-electron chi connectivity index (χ3n) is 3.94. The average molecular weight is 282 g/mol. The van der Waals surface area contributed by atoms with Crippen molar-refractivity contribution in [2.24, 2.45) is 0 Å². The number of ether oxygens (including phenoxy) is 1. The molecule has 1 aromatic heterocycles. The minimum atomic E-state index is 0.123. The predicted molar refractivity (Wildman–Crippen MR) is 84.1 cm³/mol. The van der Waals surface area contributed by atoms with Gasteiger partial charge in [-0.2, -0.15) is 0 Å². The SMILES string of the molecule is c1ccc(C(NCC2CCCCO2)c2ccccn2)cc1. The molecule has 2 heterocycles. The number of rotatable bonds is 5. The second-order valence-electron chi connectivity index (χ2n) is 5.50. The van der Waals surface area contributed by atoms with E-state index in [-0.39, 0.29) is 6.04 Å². The smallest absolute Gasteiger partial charge is 0.0752 e. The van der Waals surface area contributed by atoms with Crippen LogP contribution in [0.25, 0.3) is 0 Å². The molecule has 1 aromatic carbocycles. The third-order valence-corrected chi connectivity index (χ3v) is 3.94. The molecule has 2 atom stereocenters. The van der Waals surface area contributed by atoms with Crippen LogP contribution in [0, 0.1) is 0 Å². The first-order valence-electron chi connectivity index (χ1n) is 7.74. The van der Waals surface area contributed by atoms with Gasteiger partial charge >= 0.3 is 0 Å². The second kappa shape index (κ2) is 7.34. The molecule has 1 N–H and O–H groups in total. The minimum absolute atomic E-state index is 0.123. The van der Waals surface area contributed by atoms with Gasteiger partial charge in [0.25, 0.3) is 0 Å². The molecule has 0 bridgehead atoms. The maximum Gasteiger partial charge on any atom is 0.0752 e. The second-order valence-corrected chi connectivity index (χ2v) is 5.50. The molecule has 3 rings (SSSR count).